The van der Waals surface area contributed by atoms with Gasteiger partial charge in [0.25, 0.3) is 0 Å². The molecule has 1 N–H and O–H groups in total. The maximum absolute atomic E-state index is 12.7. The number of hydrogen-bond donors (Lipinski definition) is 1. The van der Waals surface area contributed by atoms with E-state index in [0.717, 1.165) is 42.0 Å². The smallest absolute Gasteiger partial charge is 0.365 e. The Labute approximate surface area is 154 Å². The van der Waals surface area contributed by atoms with E-state index in [-0.39, 0.29) is 0 Å². The first-order valence-corrected chi connectivity index (χ1v) is 8.58. The second-order valence-corrected chi connectivity index (χ2v) is 6.35. The quantitative estimate of drug-likeness (QED) is 0.719. The number of para-hydroxylation sites is 1. The van der Waals surface area contributed by atoms with Crippen LogP contribution in [0.25, 0.3) is 0 Å². The number of fused-ring (bicyclic) bond motifs is 1. The summed E-state index contributed by atoms with van der Waals surface area (Å²) in [7, 11) is 0. The van der Waals surface area contributed by atoms with E-state index < -0.39 is 11.7 Å². The van der Waals surface area contributed by atoms with Gasteiger partial charge in [0, 0.05) is 23.5 Å². The molecule has 0 saturated heterocycles. The predicted molar refractivity (Wildman–Crippen MR) is 98.0 cm³/mol. The molecule has 138 valence electrons. The summed E-state index contributed by atoms with van der Waals surface area (Å²) in [6.45, 7) is 1.50. The number of alkyl halides is 3. The monoisotopic (exact) mass is 370 g/mol. The number of benzene rings is 2. The Bertz CT molecular complexity index is 924. The van der Waals surface area contributed by atoms with Crippen molar-refractivity contribution in [1.29, 1.82) is 0 Å². The van der Waals surface area contributed by atoms with Gasteiger partial charge in [-0.1, -0.05) is 18.2 Å². The van der Waals surface area contributed by atoms with Crippen LogP contribution in [-0.4, -0.2) is 16.5 Å². The Morgan fingerprint density at radius 1 is 0.926 bits per heavy atom. The van der Waals surface area contributed by atoms with Gasteiger partial charge in [-0.3, -0.25) is 0 Å². The van der Waals surface area contributed by atoms with Crippen molar-refractivity contribution in [2.24, 2.45) is 0 Å². The van der Waals surface area contributed by atoms with Gasteiger partial charge in [-0.25, -0.2) is 9.97 Å². The van der Waals surface area contributed by atoms with Gasteiger partial charge < -0.3 is 10.2 Å². The lowest BCUT2D eigenvalue weighted by Crippen LogP contribution is -2.31. The predicted octanol–water partition coefficient (Wildman–Crippen LogP) is 4.80. The van der Waals surface area contributed by atoms with Gasteiger partial charge in [0.15, 0.2) is 0 Å². The van der Waals surface area contributed by atoms with E-state index in [9.17, 15) is 13.2 Å². The highest BCUT2D eigenvalue weighted by Crippen LogP contribution is 2.31. The van der Waals surface area contributed by atoms with E-state index in [1.807, 2.05) is 18.2 Å². The van der Waals surface area contributed by atoms with Gasteiger partial charge in [0.1, 0.15) is 12.1 Å². The van der Waals surface area contributed by atoms with Gasteiger partial charge in [0.2, 0.25) is 0 Å². The normalized spacial score (nSPS) is 14.0. The third kappa shape index (κ3) is 3.72. The van der Waals surface area contributed by atoms with E-state index in [1.54, 1.807) is 0 Å². The fraction of sp³-hybridized carbons (Fsp3) is 0.200. The molecule has 0 fully saturated rings. The molecule has 27 heavy (non-hydrogen) atoms. The zero-order valence-corrected chi connectivity index (χ0v) is 14.4. The molecule has 1 aromatic heterocycles. The molecule has 0 aliphatic carbocycles. The highest BCUT2D eigenvalue weighted by molar-refractivity contribution is 5.62. The van der Waals surface area contributed by atoms with E-state index in [2.05, 4.69) is 32.3 Å². The second kappa shape index (κ2) is 6.90. The molecule has 0 unspecified atom stereocenters. The highest BCUT2D eigenvalue weighted by atomic mass is 19.4. The van der Waals surface area contributed by atoms with Crippen molar-refractivity contribution in [1.82, 2.24) is 9.97 Å². The van der Waals surface area contributed by atoms with Crippen molar-refractivity contribution < 1.29 is 13.2 Å². The average molecular weight is 370 g/mol. The molecule has 1 aliphatic heterocycles. The molecule has 3 aromatic rings. The fourth-order valence-corrected chi connectivity index (χ4v) is 3.20. The molecular weight excluding hydrogens is 353 g/mol. The highest BCUT2D eigenvalue weighted by Gasteiger charge is 2.30. The molecule has 4 nitrogen and oxygen atoms in total. The molecule has 0 amide bonds. The number of nitrogens with one attached hydrogen (secondary N) is 1. The molecule has 0 saturated carbocycles. The third-order valence-corrected chi connectivity index (χ3v) is 4.60. The van der Waals surface area contributed by atoms with Crippen LogP contribution in [0, 0.1) is 0 Å². The van der Waals surface area contributed by atoms with Crippen molar-refractivity contribution >= 4 is 17.2 Å². The summed E-state index contributed by atoms with van der Waals surface area (Å²) in [5.41, 5.74) is 2.96. The number of nitrogens with zero attached hydrogens (tertiary/aromatic N) is 3. The van der Waals surface area contributed by atoms with E-state index >= 15 is 0 Å². The van der Waals surface area contributed by atoms with Crippen molar-refractivity contribution in [2.75, 3.05) is 16.8 Å². The number of halogens is 3. The number of rotatable bonds is 3. The molecule has 0 bridgehead atoms. The molecule has 0 spiro atoms. The SMILES string of the molecule is FC(F)(F)c1ccc(Nc2ncnc3c2CCN(c2ccccc2)C3)cc1. The van der Waals surface area contributed by atoms with Crippen molar-refractivity contribution in [3.63, 3.8) is 0 Å². The number of hydrogen-bond acceptors (Lipinski definition) is 4. The minimum atomic E-state index is -4.34. The lowest BCUT2D eigenvalue weighted by molar-refractivity contribution is -0.137. The standard InChI is InChI=1S/C20H17F3N4/c21-20(22,23)14-6-8-15(9-7-14)26-19-17-10-11-27(12-18(17)24-13-25-19)16-4-2-1-3-5-16/h1-9,13H,10-12H2,(H,24,25,26). The minimum Gasteiger partial charge on any atom is -0.365 e. The van der Waals surface area contributed by atoms with Gasteiger partial charge in [-0.15, -0.1) is 0 Å². The average Bonchev–Trinajstić information content (AvgIpc) is 2.68. The topological polar surface area (TPSA) is 41.1 Å². The Morgan fingerprint density at radius 2 is 1.67 bits per heavy atom. The van der Waals surface area contributed by atoms with Crippen LogP contribution in [0.3, 0.4) is 0 Å². The summed E-state index contributed by atoms with van der Waals surface area (Å²) >= 11 is 0. The van der Waals surface area contributed by atoms with E-state index in [1.165, 1.54) is 18.5 Å². The van der Waals surface area contributed by atoms with Crippen LogP contribution in [0.2, 0.25) is 0 Å². The Kier molecular flexibility index (Phi) is 4.43. The summed E-state index contributed by atoms with van der Waals surface area (Å²) in [5.74, 6) is 0.646. The van der Waals surface area contributed by atoms with Crippen LogP contribution in [0.4, 0.5) is 30.4 Å². The molecule has 0 radical (unpaired) electrons. The minimum absolute atomic E-state index is 0.564. The van der Waals surface area contributed by atoms with Crippen LogP contribution < -0.4 is 10.2 Å². The largest absolute Gasteiger partial charge is 0.416 e. The maximum Gasteiger partial charge on any atom is 0.416 e. The summed E-state index contributed by atoms with van der Waals surface area (Å²) in [6.07, 6.45) is -2.10. The molecular formula is C20H17F3N4. The van der Waals surface area contributed by atoms with Crippen LogP contribution in [0.15, 0.2) is 60.9 Å². The van der Waals surface area contributed by atoms with Gasteiger partial charge in [-0.2, -0.15) is 13.2 Å². The summed E-state index contributed by atoms with van der Waals surface area (Å²) in [5, 5.41) is 3.13. The number of aromatic nitrogens is 2. The van der Waals surface area contributed by atoms with Gasteiger partial charge in [-0.05, 0) is 42.8 Å². The molecule has 4 rings (SSSR count). The zero-order valence-electron chi connectivity index (χ0n) is 14.4. The molecule has 0 atom stereocenters. The molecule has 2 heterocycles. The number of anilines is 3. The summed E-state index contributed by atoms with van der Waals surface area (Å²) < 4.78 is 38.1. The lowest BCUT2D eigenvalue weighted by Gasteiger charge is -2.30. The van der Waals surface area contributed by atoms with Crippen LogP contribution in [-0.2, 0) is 19.1 Å². The Hall–Kier alpha value is -3.09. The first-order chi connectivity index (χ1) is 13.0. The van der Waals surface area contributed by atoms with Gasteiger partial charge >= 0.3 is 6.18 Å². The van der Waals surface area contributed by atoms with Crippen LogP contribution in [0.1, 0.15) is 16.8 Å². The first kappa shape index (κ1) is 17.3. The molecule has 1 aliphatic rings. The van der Waals surface area contributed by atoms with Crippen molar-refractivity contribution in [3.05, 3.63) is 77.7 Å². The summed E-state index contributed by atoms with van der Waals surface area (Å²) in [4.78, 5) is 10.9. The fourth-order valence-electron chi connectivity index (χ4n) is 3.20. The van der Waals surface area contributed by atoms with Crippen molar-refractivity contribution in [2.45, 2.75) is 19.1 Å². The molecule has 2 aromatic carbocycles. The zero-order chi connectivity index (χ0) is 18.9. The van der Waals surface area contributed by atoms with Crippen LogP contribution >= 0.6 is 0 Å². The van der Waals surface area contributed by atoms with Crippen molar-refractivity contribution in [3.8, 4) is 0 Å². The Morgan fingerprint density at radius 3 is 2.37 bits per heavy atom. The molecule has 7 heteroatoms. The van der Waals surface area contributed by atoms with Crippen LogP contribution in [0.5, 0.6) is 0 Å². The van der Waals surface area contributed by atoms with Gasteiger partial charge in [0.05, 0.1) is 17.8 Å². The lowest BCUT2D eigenvalue weighted by atomic mass is 10.0. The first-order valence-electron chi connectivity index (χ1n) is 8.58. The summed E-state index contributed by atoms with van der Waals surface area (Å²) in [6, 6.07) is 15.1. The van der Waals surface area contributed by atoms with E-state index in [4.69, 9.17) is 0 Å². The third-order valence-electron chi connectivity index (χ3n) is 4.60. The van der Waals surface area contributed by atoms with E-state index in [0.29, 0.717) is 18.1 Å². The second-order valence-electron chi connectivity index (χ2n) is 6.35. The maximum atomic E-state index is 12.7. The Balaban J connectivity index is 1.55.